The molecule has 21 heavy (non-hydrogen) atoms. The predicted molar refractivity (Wildman–Crippen MR) is 72.0 cm³/mol. The van der Waals surface area contributed by atoms with Gasteiger partial charge in [-0.1, -0.05) is 0 Å². The van der Waals surface area contributed by atoms with Crippen molar-refractivity contribution in [2.75, 3.05) is 13.2 Å². The first-order chi connectivity index (χ1) is 9.99. The van der Waals surface area contributed by atoms with Crippen molar-refractivity contribution >= 4 is 18.1 Å². The number of hydrogen-bond donors (Lipinski definition) is 2. The predicted octanol–water partition coefficient (Wildman–Crippen LogP) is 1.03. The highest BCUT2D eigenvalue weighted by Crippen LogP contribution is 1.89. The van der Waals surface area contributed by atoms with Gasteiger partial charge in [-0.25, -0.2) is 14.6 Å². The van der Waals surface area contributed by atoms with Gasteiger partial charge in [0.25, 0.3) is 0 Å². The number of ether oxygens (including phenoxy) is 2. The minimum Gasteiger partial charge on any atom is -0.448 e. The second-order valence-corrected chi connectivity index (χ2v) is 3.91. The molecule has 9 heteroatoms. The summed E-state index contributed by atoms with van der Waals surface area (Å²) in [4.78, 5) is 26.8. The van der Waals surface area contributed by atoms with Crippen LogP contribution in [0.2, 0.25) is 0 Å². The van der Waals surface area contributed by atoms with Crippen LogP contribution < -0.4 is 10.6 Å². The average molecular weight is 295 g/mol. The third-order valence-electron chi connectivity index (χ3n) is 1.72. The molecule has 0 fully saturated rings. The van der Waals surface area contributed by atoms with E-state index in [2.05, 4.69) is 25.1 Å². The second kappa shape index (κ2) is 11.1. The van der Waals surface area contributed by atoms with Gasteiger partial charge in [0.05, 0.1) is 25.0 Å². The van der Waals surface area contributed by atoms with E-state index in [0.29, 0.717) is 0 Å². The summed E-state index contributed by atoms with van der Waals surface area (Å²) in [5.74, 6) is -0.131. The van der Waals surface area contributed by atoms with Crippen molar-refractivity contribution < 1.29 is 19.1 Å². The molecule has 0 saturated heterocycles. The number of guanidine groups is 1. The Bertz CT molecular complexity index is 425. The largest absolute Gasteiger partial charge is 0.448 e. The maximum atomic E-state index is 11.4. The maximum Gasteiger partial charge on any atom is 0.413 e. The van der Waals surface area contributed by atoms with Crippen molar-refractivity contribution in [2.45, 2.75) is 32.7 Å². The van der Waals surface area contributed by atoms with E-state index < -0.39 is 12.2 Å². The molecule has 0 aliphatic rings. The zero-order valence-electron chi connectivity index (χ0n) is 11.9. The van der Waals surface area contributed by atoms with Crippen LogP contribution in [0.5, 0.6) is 0 Å². The Morgan fingerprint density at radius 2 is 1.48 bits per heavy atom. The van der Waals surface area contributed by atoms with E-state index in [4.69, 9.17) is 10.5 Å². The molecule has 2 amide bonds. The summed E-state index contributed by atoms with van der Waals surface area (Å²) in [5, 5.41) is 21.1. The fourth-order valence-corrected chi connectivity index (χ4v) is 0.998. The van der Waals surface area contributed by atoms with Crippen LogP contribution in [0.3, 0.4) is 0 Å². The first kappa shape index (κ1) is 18.2. The van der Waals surface area contributed by atoms with E-state index in [0.717, 1.165) is 0 Å². The minimum absolute atomic E-state index is 0.0632. The molecule has 0 aliphatic carbocycles. The monoisotopic (exact) mass is 295 g/mol. The van der Waals surface area contributed by atoms with Gasteiger partial charge < -0.3 is 9.47 Å². The van der Waals surface area contributed by atoms with Crippen molar-refractivity contribution in [2.24, 2.45) is 4.99 Å². The number of alkyl carbamates (subject to hydrolysis) is 2. The molecule has 9 nitrogen and oxygen atoms in total. The molecule has 0 aromatic heterocycles. The van der Waals surface area contributed by atoms with Crippen molar-refractivity contribution in [1.29, 1.82) is 10.5 Å². The number of rotatable bonds is 5. The molecule has 0 radical (unpaired) electrons. The maximum absolute atomic E-state index is 11.4. The number of aliphatic imine (C=N–C) groups is 1. The van der Waals surface area contributed by atoms with Gasteiger partial charge in [-0.2, -0.15) is 10.5 Å². The quantitative estimate of drug-likeness (QED) is 0.441. The Kier molecular flexibility index (Phi) is 9.57. The third-order valence-corrected chi connectivity index (χ3v) is 1.72. The van der Waals surface area contributed by atoms with Gasteiger partial charge in [0.15, 0.2) is 0 Å². The highest BCUT2D eigenvalue weighted by atomic mass is 16.6. The molecule has 114 valence electrons. The SMILES string of the molecule is CC(C)N=C(NC(=O)OCCC#N)NC(=O)OCCC#N. The lowest BCUT2D eigenvalue weighted by atomic mass is 10.4. The van der Waals surface area contributed by atoms with Crippen molar-refractivity contribution in [3.8, 4) is 12.1 Å². The summed E-state index contributed by atoms with van der Waals surface area (Å²) in [5.41, 5.74) is 0. The van der Waals surface area contributed by atoms with E-state index >= 15 is 0 Å². The topological polar surface area (TPSA) is 137 Å². The summed E-state index contributed by atoms with van der Waals surface area (Å²) in [6.07, 6.45) is -1.56. The summed E-state index contributed by atoms with van der Waals surface area (Å²) in [6.45, 7) is 3.35. The molecule has 2 N–H and O–H groups in total. The normalized spacial score (nSPS) is 9.00. The Morgan fingerprint density at radius 1 is 1.05 bits per heavy atom. The highest BCUT2D eigenvalue weighted by Gasteiger charge is 2.12. The van der Waals surface area contributed by atoms with Gasteiger partial charge in [0.1, 0.15) is 13.2 Å². The van der Waals surface area contributed by atoms with Crippen LogP contribution in [0.25, 0.3) is 0 Å². The zero-order chi connectivity index (χ0) is 16.1. The number of carbonyl (C=O) groups is 2. The number of nitrogens with one attached hydrogen (secondary N) is 2. The summed E-state index contributed by atoms with van der Waals surface area (Å²) < 4.78 is 9.37. The Hall–Kier alpha value is -2.81. The molecule has 0 aromatic carbocycles. The van der Waals surface area contributed by atoms with Crippen LogP contribution in [-0.2, 0) is 9.47 Å². The average Bonchev–Trinajstić information content (AvgIpc) is 2.38. The molecule has 0 heterocycles. The highest BCUT2D eigenvalue weighted by molar-refractivity contribution is 6.01. The van der Waals surface area contributed by atoms with Crippen molar-refractivity contribution in [3.63, 3.8) is 0 Å². The van der Waals surface area contributed by atoms with Crippen LogP contribution in [0.15, 0.2) is 4.99 Å². The van der Waals surface area contributed by atoms with E-state index in [1.807, 2.05) is 12.1 Å². The Labute approximate surface area is 122 Å². The van der Waals surface area contributed by atoms with Gasteiger partial charge in [0, 0.05) is 6.04 Å². The summed E-state index contributed by atoms with van der Waals surface area (Å²) >= 11 is 0. The van der Waals surface area contributed by atoms with E-state index in [1.54, 1.807) is 13.8 Å². The molecule has 0 bridgehead atoms. The summed E-state index contributed by atoms with van der Waals surface area (Å²) in [7, 11) is 0. The molecule has 0 saturated carbocycles. The lowest BCUT2D eigenvalue weighted by Crippen LogP contribution is -2.45. The first-order valence-electron chi connectivity index (χ1n) is 6.18. The van der Waals surface area contributed by atoms with Crippen LogP contribution >= 0.6 is 0 Å². The number of nitriles is 2. The third kappa shape index (κ3) is 10.8. The molecule has 0 rings (SSSR count). The summed E-state index contributed by atoms with van der Waals surface area (Å²) in [6, 6.07) is 3.44. The van der Waals surface area contributed by atoms with Crippen molar-refractivity contribution in [1.82, 2.24) is 10.6 Å². The smallest absolute Gasteiger partial charge is 0.413 e. The number of hydrogen-bond acceptors (Lipinski definition) is 7. The molecule has 0 aliphatic heterocycles. The van der Waals surface area contributed by atoms with Gasteiger partial charge in [-0.05, 0) is 13.8 Å². The van der Waals surface area contributed by atoms with Gasteiger partial charge >= 0.3 is 12.2 Å². The molecule has 0 aromatic rings. The van der Waals surface area contributed by atoms with Gasteiger partial charge in [0.2, 0.25) is 5.96 Å². The lowest BCUT2D eigenvalue weighted by Gasteiger charge is -2.11. The molecule has 0 spiro atoms. The second-order valence-electron chi connectivity index (χ2n) is 3.91. The van der Waals surface area contributed by atoms with Gasteiger partial charge in [-0.3, -0.25) is 10.6 Å². The fraction of sp³-hybridized carbons (Fsp3) is 0.583. The Morgan fingerprint density at radius 3 is 1.81 bits per heavy atom. The first-order valence-corrected chi connectivity index (χ1v) is 6.18. The number of nitrogens with zero attached hydrogens (tertiary/aromatic N) is 3. The van der Waals surface area contributed by atoms with E-state index in [1.165, 1.54) is 0 Å². The minimum atomic E-state index is -0.845. The molecule has 0 atom stereocenters. The lowest BCUT2D eigenvalue weighted by molar-refractivity contribution is 0.151. The molecular formula is C12H17N5O4. The van der Waals surface area contributed by atoms with E-state index in [9.17, 15) is 9.59 Å². The molecular weight excluding hydrogens is 278 g/mol. The van der Waals surface area contributed by atoms with Crippen LogP contribution in [-0.4, -0.2) is 37.4 Å². The standard InChI is InChI=1S/C12H17N5O4/c1-9(2)15-10(16-11(18)20-7-3-5-13)17-12(19)21-8-4-6-14/h9H,3-4,7-8H2,1-2H3,(H2,15,16,17,18,19). The van der Waals surface area contributed by atoms with Crippen LogP contribution in [0, 0.1) is 22.7 Å². The molecule has 0 unspecified atom stereocenters. The fourth-order valence-electron chi connectivity index (χ4n) is 0.998. The zero-order valence-corrected chi connectivity index (χ0v) is 11.9. The number of carbonyl (C=O) groups excluding carboxylic acids is 2. The van der Waals surface area contributed by atoms with Crippen LogP contribution in [0.1, 0.15) is 26.7 Å². The Balaban J connectivity index is 4.40. The van der Waals surface area contributed by atoms with Crippen LogP contribution in [0.4, 0.5) is 9.59 Å². The van der Waals surface area contributed by atoms with E-state index in [-0.39, 0.29) is 38.1 Å². The number of amides is 2. The van der Waals surface area contributed by atoms with Crippen molar-refractivity contribution in [3.05, 3.63) is 0 Å². The van der Waals surface area contributed by atoms with Gasteiger partial charge in [-0.15, -0.1) is 0 Å².